The summed E-state index contributed by atoms with van der Waals surface area (Å²) >= 11 is 0. The zero-order valence-corrected chi connectivity index (χ0v) is 15.5. The molecule has 3 aromatic carbocycles. The molecule has 1 aliphatic rings. The predicted octanol–water partition coefficient (Wildman–Crippen LogP) is 3.65. The van der Waals surface area contributed by atoms with E-state index in [-0.39, 0.29) is 0 Å². The zero-order chi connectivity index (χ0) is 19.7. The molecule has 140 valence electrons. The molecule has 0 saturated carbocycles. The van der Waals surface area contributed by atoms with Crippen LogP contribution in [0.2, 0.25) is 0 Å². The number of carbonyl (C=O) groups excluding carboxylic acids is 2. The van der Waals surface area contributed by atoms with Gasteiger partial charge in [0.25, 0.3) is 5.91 Å². The zero-order valence-electron chi connectivity index (χ0n) is 15.5. The molecule has 0 aliphatic carbocycles. The third-order valence-electron chi connectivity index (χ3n) is 4.93. The Balaban J connectivity index is 1.60. The number of rotatable bonds is 4. The van der Waals surface area contributed by atoms with Gasteiger partial charge in [0.1, 0.15) is 11.3 Å². The van der Waals surface area contributed by atoms with Gasteiger partial charge in [0.05, 0.1) is 13.3 Å². The van der Waals surface area contributed by atoms with Crippen molar-refractivity contribution < 1.29 is 14.3 Å². The van der Waals surface area contributed by atoms with E-state index in [1.807, 2.05) is 42.5 Å². The van der Waals surface area contributed by atoms with E-state index in [0.717, 1.165) is 21.3 Å². The van der Waals surface area contributed by atoms with Crippen LogP contribution in [0.1, 0.15) is 18.1 Å². The highest BCUT2D eigenvalue weighted by Gasteiger charge is 2.49. The van der Waals surface area contributed by atoms with Gasteiger partial charge in [-0.05, 0) is 47.0 Å². The molecule has 6 nitrogen and oxygen atoms in total. The highest BCUT2D eigenvalue weighted by atomic mass is 16.5. The molecule has 6 heteroatoms. The fourth-order valence-corrected chi connectivity index (χ4v) is 3.26. The van der Waals surface area contributed by atoms with E-state index >= 15 is 0 Å². The van der Waals surface area contributed by atoms with Crippen LogP contribution < -0.4 is 10.1 Å². The molecule has 0 aromatic heterocycles. The van der Waals surface area contributed by atoms with Crippen LogP contribution in [-0.2, 0) is 10.3 Å². The Kier molecular flexibility index (Phi) is 4.31. The van der Waals surface area contributed by atoms with Crippen LogP contribution in [0.15, 0.2) is 71.8 Å². The normalized spacial score (nSPS) is 19.4. The lowest BCUT2D eigenvalue weighted by Crippen LogP contribution is -2.40. The number of benzene rings is 3. The van der Waals surface area contributed by atoms with Gasteiger partial charge in [-0.15, -0.1) is 5.01 Å². The molecule has 0 unspecified atom stereocenters. The Morgan fingerprint density at radius 3 is 2.43 bits per heavy atom. The van der Waals surface area contributed by atoms with Crippen LogP contribution in [0.4, 0.5) is 4.79 Å². The van der Waals surface area contributed by atoms with Gasteiger partial charge in [0, 0.05) is 0 Å². The van der Waals surface area contributed by atoms with Gasteiger partial charge in [0.2, 0.25) is 0 Å². The minimum absolute atomic E-state index is 0.431. The number of imide groups is 1. The monoisotopic (exact) mass is 373 g/mol. The Labute approximate surface area is 162 Å². The number of ether oxygens (including phenoxy) is 1. The number of hydrogen-bond acceptors (Lipinski definition) is 4. The number of nitrogens with zero attached hydrogens (tertiary/aromatic N) is 2. The molecule has 1 aliphatic heterocycles. The summed E-state index contributed by atoms with van der Waals surface area (Å²) in [4.78, 5) is 25.3. The summed E-state index contributed by atoms with van der Waals surface area (Å²) in [6, 6.07) is 20.2. The van der Waals surface area contributed by atoms with Gasteiger partial charge in [-0.1, -0.05) is 48.5 Å². The van der Waals surface area contributed by atoms with E-state index in [2.05, 4.69) is 10.4 Å². The number of hydrogen-bond donors (Lipinski definition) is 1. The first-order valence-corrected chi connectivity index (χ1v) is 8.85. The van der Waals surface area contributed by atoms with Crippen LogP contribution in [0.25, 0.3) is 10.8 Å². The second kappa shape index (κ2) is 6.81. The largest absolute Gasteiger partial charge is 0.497 e. The number of hydrazone groups is 1. The maximum Gasteiger partial charge on any atom is 0.346 e. The molecule has 3 aromatic rings. The molecule has 0 spiro atoms. The summed E-state index contributed by atoms with van der Waals surface area (Å²) in [6.45, 7) is 1.67. The van der Waals surface area contributed by atoms with E-state index in [1.165, 1.54) is 6.21 Å². The van der Waals surface area contributed by atoms with Gasteiger partial charge >= 0.3 is 6.03 Å². The topological polar surface area (TPSA) is 71.0 Å². The number of urea groups is 1. The quantitative estimate of drug-likeness (QED) is 0.561. The third-order valence-corrected chi connectivity index (χ3v) is 4.93. The molecule has 0 bridgehead atoms. The Morgan fingerprint density at radius 2 is 1.71 bits per heavy atom. The van der Waals surface area contributed by atoms with Gasteiger partial charge in [-0.2, -0.15) is 5.10 Å². The second-order valence-corrected chi connectivity index (χ2v) is 6.75. The first-order chi connectivity index (χ1) is 13.5. The van der Waals surface area contributed by atoms with Crippen molar-refractivity contribution in [3.63, 3.8) is 0 Å². The number of nitrogens with one attached hydrogen (secondary N) is 1. The number of methoxy groups -OCH3 is 1. The molecular weight excluding hydrogens is 354 g/mol. The first kappa shape index (κ1) is 17.7. The highest BCUT2D eigenvalue weighted by molar-refractivity contribution is 6.07. The molecule has 1 saturated heterocycles. The molecule has 1 N–H and O–H groups in total. The summed E-state index contributed by atoms with van der Waals surface area (Å²) in [5, 5.41) is 9.92. The summed E-state index contributed by atoms with van der Waals surface area (Å²) < 4.78 is 5.15. The maximum atomic E-state index is 12.9. The molecular formula is C22H19N3O3. The minimum atomic E-state index is -1.18. The third kappa shape index (κ3) is 2.99. The molecule has 4 rings (SSSR count). The molecule has 1 atom stereocenters. The first-order valence-electron chi connectivity index (χ1n) is 8.85. The Bertz CT molecular complexity index is 1090. The molecule has 3 amide bonds. The second-order valence-electron chi connectivity index (χ2n) is 6.75. The van der Waals surface area contributed by atoms with Crippen LogP contribution in [0, 0.1) is 0 Å². The average molecular weight is 373 g/mol. The van der Waals surface area contributed by atoms with Crippen molar-refractivity contribution in [1.29, 1.82) is 0 Å². The molecule has 1 heterocycles. The summed E-state index contributed by atoms with van der Waals surface area (Å²) in [7, 11) is 1.57. The minimum Gasteiger partial charge on any atom is -0.497 e. The van der Waals surface area contributed by atoms with Crippen LogP contribution in [0.3, 0.4) is 0 Å². The van der Waals surface area contributed by atoms with Crippen LogP contribution >= 0.6 is 0 Å². The fourth-order valence-electron chi connectivity index (χ4n) is 3.26. The van der Waals surface area contributed by atoms with Crippen molar-refractivity contribution in [2.24, 2.45) is 5.10 Å². The van der Waals surface area contributed by atoms with Crippen LogP contribution in [0.5, 0.6) is 5.75 Å². The maximum absolute atomic E-state index is 12.9. The number of amides is 3. The summed E-state index contributed by atoms with van der Waals surface area (Å²) in [5.41, 5.74) is 0.289. The van der Waals surface area contributed by atoms with Crippen molar-refractivity contribution >= 4 is 28.9 Å². The number of carbonyl (C=O) groups is 2. The lowest BCUT2D eigenvalue weighted by molar-refractivity contribution is -0.131. The van der Waals surface area contributed by atoms with E-state index in [4.69, 9.17) is 4.74 Å². The van der Waals surface area contributed by atoms with Crippen LogP contribution in [-0.4, -0.2) is 30.3 Å². The number of fused-ring (bicyclic) bond motifs is 1. The predicted molar refractivity (Wildman–Crippen MR) is 107 cm³/mol. The smallest absolute Gasteiger partial charge is 0.346 e. The van der Waals surface area contributed by atoms with Crippen molar-refractivity contribution in [3.05, 3.63) is 77.9 Å². The fraction of sp³-hybridized carbons (Fsp3) is 0.136. The van der Waals surface area contributed by atoms with E-state index in [9.17, 15) is 9.59 Å². The molecule has 28 heavy (non-hydrogen) atoms. The SMILES string of the molecule is COc1ccc([C@]2(C)NC(=O)N(/N=C\c3ccc4ccccc4c3)C2=O)cc1. The van der Waals surface area contributed by atoms with E-state index in [0.29, 0.717) is 11.3 Å². The Morgan fingerprint density at radius 1 is 1.00 bits per heavy atom. The van der Waals surface area contributed by atoms with Gasteiger partial charge in [0.15, 0.2) is 0 Å². The summed E-state index contributed by atoms with van der Waals surface area (Å²) in [6.07, 6.45) is 1.52. The lowest BCUT2D eigenvalue weighted by atomic mass is 9.92. The highest BCUT2D eigenvalue weighted by Crippen LogP contribution is 2.30. The molecule has 1 fully saturated rings. The Hall–Kier alpha value is -3.67. The van der Waals surface area contributed by atoms with E-state index < -0.39 is 17.5 Å². The summed E-state index contributed by atoms with van der Waals surface area (Å²) in [5.74, 6) is 0.245. The molecule has 0 radical (unpaired) electrons. The standard InChI is InChI=1S/C22H19N3O3/c1-22(18-9-11-19(28-2)12-10-18)20(26)25(21(27)24-22)23-14-15-7-8-16-5-3-4-6-17(16)13-15/h3-14H,1-2H3,(H,24,27)/b23-14-/t22-/m0/s1. The van der Waals surface area contributed by atoms with Crippen molar-refractivity contribution in [1.82, 2.24) is 10.3 Å². The lowest BCUT2D eigenvalue weighted by Gasteiger charge is -2.21. The van der Waals surface area contributed by atoms with Crippen molar-refractivity contribution in [3.8, 4) is 5.75 Å². The van der Waals surface area contributed by atoms with Crippen molar-refractivity contribution in [2.75, 3.05) is 7.11 Å². The van der Waals surface area contributed by atoms with Gasteiger partial charge in [-0.25, -0.2) is 4.79 Å². The average Bonchev–Trinajstić information content (AvgIpc) is 2.95. The van der Waals surface area contributed by atoms with E-state index in [1.54, 1.807) is 38.3 Å². The van der Waals surface area contributed by atoms with Crippen molar-refractivity contribution in [2.45, 2.75) is 12.5 Å². The van der Waals surface area contributed by atoms with Gasteiger partial charge in [-0.3, -0.25) is 4.79 Å². The van der Waals surface area contributed by atoms with Gasteiger partial charge < -0.3 is 10.1 Å².